The summed E-state index contributed by atoms with van der Waals surface area (Å²) in [4.78, 5) is 11.9. The van der Waals surface area contributed by atoms with Crippen molar-refractivity contribution in [2.24, 2.45) is 0 Å². The third kappa shape index (κ3) is 2.84. The van der Waals surface area contributed by atoms with Crippen LogP contribution >= 0.6 is 0 Å². The predicted octanol–water partition coefficient (Wildman–Crippen LogP) is 4.02. The van der Waals surface area contributed by atoms with Gasteiger partial charge in [-0.2, -0.15) is 0 Å². The number of hydrogen-bond donors (Lipinski definition) is 0. The number of methoxy groups -OCH3 is 1. The van der Waals surface area contributed by atoms with Gasteiger partial charge in [0.2, 0.25) is 0 Å². The van der Waals surface area contributed by atoms with E-state index in [0.717, 1.165) is 12.0 Å². The van der Waals surface area contributed by atoms with Crippen molar-refractivity contribution in [2.75, 3.05) is 7.11 Å². The Morgan fingerprint density at radius 3 is 2.32 bits per heavy atom. The van der Waals surface area contributed by atoms with E-state index in [2.05, 4.69) is 19.1 Å². The van der Waals surface area contributed by atoms with Crippen molar-refractivity contribution in [3.8, 4) is 0 Å². The largest absolute Gasteiger partial charge is 0.465 e. The monoisotopic (exact) mass is 254 g/mol. The van der Waals surface area contributed by atoms with Gasteiger partial charge in [-0.3, -0.25) is 0 Å². The highest BCUT2D eigenvalue weighted by Gasteiger charge is 2.19. The molecule has 0 saturated carbocycles. The molecule has 98 valence electrons. The third-order valence-electron chi connectivity index (χ3n) is 3.35. The minimum atomic E-state index is -0.273. The lowest BCUT2D eigenvalue weighted by Gasteiger charge is -2.18. The van der Waals surface area contributed by atoms with E-state index >= 15 is 0 Å². The van der Waals surface area contributed by atoms with Gasteiger partial charge in [0.05, 0.1) is 12.7 Å². The number of benzene rings is 2. The van der Waals surface area contributed by atoms with Crippen LogP contribution in [0.4, 0.5) is 0 Å². The molecule has 19 heavy (non-hydrogen) atoms. The molecule has 2 aromatic carbocycles. The van der Waals surface area contributed by atoms with Crippen LogP contribution in [0.15, 0.2) is 54.6 Å². The zero-order valence-corrected chi connectivity index (χ0v) is 11.3. The summed E-state index contributed by atoms with van der Waals surface area (Å²) in [5.74, 6) is -0.0542. The van der Waals surface area contributed by atoms with Crippen molar-refractivity contribution >= 4 is 5.97 Å². The molecule has 2 nitrogen and oxygen atoms in total. The molecule has 1 unspecified atom stereocenters. The SMILES string of the molecule is CCC(c1ccccc1)c1ccccc1C(=O)OC. The van der Waals surface area contributed by atoms with Crippen LogP contribution in [0.25, 0.3) is 0 Å². The fourth-order valence-corrected chi connectivity index (χ4v) is 2.42. The summed E-state index contributed by atoms with van der Waals surface area (Å²) in [5, 5.41) is 0. The Hall–Kier alpha value is -2.09. The first-order chi connectivity index (χ1) is 9.27. The number of ether oxygens (including phenoxy) is 1. The summed E-state index contributed by atoms with van der Waals surface area (Å²) in [6.45, 7) is 2.13. The Balaban J connectivity index is 2.47. The van der Waals surface area contributed by atoms with Gasteiger partial charge in [0.15, 0.2) is 0 Å². The lowest BCUT2D eigenvalue weighted by molar-refractivity contribution is 0.0599. The van der Waals surface area contributed by atoms with Crippen LogP contribution in [0.1, 0.15) is 40.7 Å². The van der Waals surface area contributed by atoms with Crippen LogP contribution < -0.4 is 0 Å². The Morgan fingerprint density at radius 2 is 1.68 bits per heavy atom. The lowest BCUT2D eigenvalue weighted by Crippen LogP contribution is -2.09. The Morgan fingerprint density at radius 1 is 1.05 bits per heavy atom. The van der Waals surface area contributed by atoms with E-state index in [9.17, 15) is 4.79 Å². The number of hydrogen-bond acceptors (Lipinski definition) is 2. The maximum atomic E-state index is 11.9. The first-order valence-corrected chi connectivity index (χ1v) is 6.50. The number of carbonyl (C=O) groups is 1. The van der Waals surface area contributed by atoms with E-state index in [1.54, 1.807) is 0 Å². The molecule has 0 aliphatic heterocycles. The summed E-state index contributed by atoms with van der Waals surface area (Å²) in [7, 11) is 1.42. The Labute approximate surface area is 114 Å². The molecule has 2 rings (SSSR count). The topological polar surface area (TPSA) is 26.3 Å². The highest BCUT2D eigenvalue weighted by molar-refractivity contribution is 5.91. The smallest absolute Gasteiger partial charge is 0.338 e. The zero-order valence-electron chi connectivity index (χ0n) is 11.3. The van der Waals surface area contributed by atoms with E-state index < -0.39 is 0 Å². The molecule has 0 fully saturated rings. The highest BCUT2D eigenvalue weighted by atomic mass is 16.5. The van der Waals surface area contributed by atoms with Gasteiger partial charge >= 0.3 is 5.97 Å². The van der Waals surface area contributed by atoms with Crippen LogP contribution in [-0.4, -0.2) is 13.1 Å². The van der Waals surface area contributed by atoms with Gasteiger partial charge in [0.25, 0.3) is 0 Å². The van der Waals surface area contributed by atoms with Crippen LogP contribution in [0, 0.1) is 0 Å². The average molecular weight is 254 g/mol. The molecule has 2 heteroatoms. The van der Waals surface area contributed by atoms with Gasteiger partial charge in [-0.1, -0.05) is 55.5 Å². The van der Waals surface area contributed by atoms with Crippen molar-refractivity contribution in [3.05, 3.63) is 71.3 Å². The molecule has 2 aromatic rings. The maximum Gasteiger partial charge on any atom is 0.338 e. The molecule has 1 atom stereocenters. The predicted molar refractivity (Wildman–Crippen MR) is 76.4 cm³/mol. The normalized spacial score (nSPS) is 11.9. The molecule has 0 saturated heterocycles. The zero-order chi connectivity index (χ0) is 13.7. The van der Waals surface area contributed by atoms with Gasteiger partial charge < -0.3 is 4.74 Å². The minimum absolute atomic E-state index is 0.219. The summed E-state index contributed by atoms with van der Waals surface area (Å²) in [6, 6.07) is 17.9. The molecule has 0 aliphatic rings. The van der Waals surface area contributed by atoms with Gasteiger partial charge in [-0.05, 0) is 23.6 Å². The van der Waals surface area contributed by atoms with Crippen LogP contribution in [0.5, 0.6) is 0 Å². The van der Waals surface area contributed by atoms with Gasteiger partial charge in [0, 0.05) is 5.92 Å². The average Bonchev–Trinajstić information content (AvgIpc) is 2.49. The van der Waals surface area contributed by atoms with Gasteiger partial charge in [-0.25, -0.2) is 4.79 Å². The van der Waals surface area contributed by atoms with E-state index in [-0.39, 0.29) is 11.9 Å². The van der Waals surface area contributed by atoms with Crippen molar-refractivity contribution in [1.82, 2.24) is 0 Å². The van der Waals surface area contributed by atoms with Crippen molar-refractivity contribution in [3.63, 3.8) is 0 Å². The standard InChI is InChI=1S/C17H18O2/c1-3-14(13-9-5-4-6-10-13)15-11-7-8-12-16(15)17(18)19-2/h4-12,14H,3H2,1-2H3. The molecule has 0 aliphatic carbocycles. The van der Waals surface area contributed by atoms with E-state index in [1.165, 1.54) is 12.7 Å². The van der Waals surface area contributed by atoms with Gasteiger partial charge in [0.1, 0.15) is 0 Å². The van der Waals surface area contributed by atoms with E-state index in [1.807, 2.05) is 42.5 Å². The van der Waals surface area contributed by atoms with E-state index in [4.69, 9.17) is 4.74 Å². The summed E-state index contributed by atoms with van der Waals surface area (Å²) >= 11 is 0. The molecule has 0 aromatic heterocycles. The van der Waals surface area contributed by atoms with Crippen LogP contribution in [0.2, 0.25) is 0 Å². The molecular weight excluding hydrogens is 236 g/mol. The second-order valence-corrected chi connectivity index (χ2v) is 4.45. The molecule has 0 radical (unpaired) electrons. The quantitative estimate of drug-likeness (QED) is 0.770. The second-order valence-electron chi connectivity index (χ2n) is 4.45. The number of rotatable bonds is 4. The Kier molecular flexibility index (Phi) is 4.35. The minimum Gasteiger partial charge on any atom is -0.465 e. The molecule has 0 spiro atoms. The Bertz CT molecular complexity index is 546. The lowest BCUT2D eigenvalue weighted by atomic mass is 9.86. The van der Waals surface area contributed by atoms with Crippen molar-refractivity contribution in [2.45, 2.75) is 19.3 Å². The van der Waals surface area contributed by atoms with E-state index in [0.29, 0.717) is 5.56 Å². The fraction of sp³-hybridized carbons (Fsp3) is 0.235. The molecule has 0 heterocycles. The summed E-state index contributed by atoms with van der Waals surface area (Å²) in [5.41, 5.74) is 2.91. The molecule has 0 N–H and O–H groups in total. The van der Waals surface area contributed by atoms with Crippen LogP contribution in [0.3, 0.4) is 0 Å². The van der Waals surface area contributed by atoms with Gasteiger partial charge in [-0.15, -0.1) is 0 Å². The second kappa shape index (κ2) is 6.19. The number of carbonyl (C=O) groups excluding carboxylic acids is 1. The van der Waals surface area contributed by atoms with Crippen LogP contribution in [-0.2, 0) is 4.74 Å². The summed E-state index contributed by atoms with van der Waals surface area (Å²) in [6.07, 6.45) is 0.942. The highest BCUT2D eigenvalue weighted by Crippen LogP contribution is 2.30. The molecule has 0 bridgehead atoms. The first kappa shape index (κ1) is 13.3. The number of esters is 1. The summed E-state index contributed by atoms with van der Waals surface area (Å²) < 4.78 is 4.87. The van der Waals surface area contributed by atoms with Crippen molar-refractivity contribution < 1.29 is 9.53 Å². The first-order valence-electron chi connectivity index (χ1n) is 6.50. The molecular formula is C17H18O2. The molecule has 0 amide bonds. The fourth-order valence-electron chi connectivity index (χ4n) is 2.42. The van der Waals surface area contributed by atoms with Crippen molar-refractivity contribution in [1.29, 1.82) is 0 Å². The maximum absolute atomic E-state index is 11.9. The third-order valence-corrected chi connectivity index (χ3v) is 3.35.